The molecule has 0 unspecified atom stereocenters. The van der Waals surface area contributed by atoms with Crippen molar-refractivity contribution >= 4 is 11.9 Å². The predicted molar refractivity (Wildman–Crippen MR) is 81.8 cm³/mol. The summed E-state index contributed by atoms with van der Waals surface area (Å²) in [4.78, 5) is 25.5. The van der Waals surface area contributed by atoms with E-state index >= 15 is 0 Å². The van der Waals surface area contributed by atoms with Crippen LogP contribution in [0, 0.1) is 0 Å². The van der Waals surface area contributed by atoms with Crippen LogP contribution in [0.3, 0.4) is 0 Å². The van der Waals surface area contributed by atoms with E-state index in [0.29, 0.717) is 5.56 Å². The Morgan fingerprint density at radius 3 is 2.45 bits per heavy atom. The Balaban J connectivity index is 2.18. The van der Waals surface area contributed by atoms with Crippen molar-refractivity contribution in [3.8, 4) is 5.69 Å². The van der Waals surface area contributed by atoms with E-state index in [1.807, 2.05) is 38.2 Å². The lowest BCUT2D eigenvalue weighted by Gasteiger charge is -2.25. The minimum Gasteiger partial charge on any atom is -0.468 e. The molecule has 2 aromatic rings. The molecule has 0 atom stereocenters. The molecular weight excluding hydrogens is 282 g/mol. The standard InChI is InChI=1S/C16H19N3O3/c1-12(2)18(11-15(20)22-3)16(21)13-5-7-14(8-6-13)19-10-4-9-17-19/h4-10,12H,11H2,1-3H3. The second-order valence-electron chi connectivity index (χ2n) is 5.10. The summed E-state index contributed by atoms with van der Waals surface area (Å²) in [7, 11) is 1.31. The van der Waals surface area contributed by atoms with E-state index in [0.717, 1.165) is 5.69 Å². The van der Waals surface area contributed by atoms with Crippen molar-refractivity contribution in [1.29, 1.82) is 0 Å². The van der Waals surface area contributed by atoms with E-state index < -0.39 is 5.97 Å². The second kappa shape index (κ2) is 6.89. The lowest BCUT2D eigenvalue weighted by molar-refractivity contribution is -0.141. The molecule has 0 fully saturated rings. The molecule has 0 aliphatic heterocycles. The third-order valence-electron chi connectivity index (χ3n) is 3.29. The van der Waals surface area contributed by atoms with Crippen LogP contribution in [-0.2, 0) is 9.53 Å². The molecule has 1 aromatic heterocycles. The van der Waals surface area contributed by atoms with Crippen LogP contribution < -0.4 is 0 Å². The van der Waals surface area contributed by atoms with Crippen LogP contribution in [-0.4, -0.2) is 46.3 Å². The van der Waals surface area contributed by atoms with Crippen LogP contribution in [0.1, 0.15) is 24.2 Å². The molecule has 1 heterocycles. The minimum absolute atomic E-state index is 0.0616. The van der Waals surface area contributed by atoms with Crippen molar-refractivity contribution in [2.75, 3.05) is 13.7 Å². The van der Waals surface area contributed by atoms with Gasteiger partial charge in [0.05, 0.1) is 12.8 Å². The lowest BCUT2D eigenvalue weighted by Crippen LogP contribution is -2.41. The smallest absolute Gasteiger partial charge is 0.325 e. The van der Waals surface area contributed by atoms with Crippen molar-refractivity contribution in [1.82, 2.24) is 14.7 Å². The highest BCUT2D eigenvalue weighted by Gasteiger charge is 2.21. The molecule has 0 N–H and O–H groups in total. The van der Waals surface area contributed by atoms with Crippen molar-refractivity contribution < 1.29 is 14.3 Å². The molecule has 1 aromatic carbocycles. The zero-order chi connectivity index (χ0) is 16.1. The van der Waals surface area contributed by atoms with E-state index in [4.69, 9.17) is 0 Å². The molecule has 0 bridgehead atoms. The maximum Gasteiger partial charge on any atom is 0.325 e. The van der Waals surface area contributed by atoms with Gasteiger partial charge in [0.25, 0.3) is 5.91 Å². The van der Waals surface area contributed by atoms with Crippen LogP contribution in [0.2, 0.25) is 0 Å². The zero-order valence-electron chi connectivity index (χ0n) is 12.9. The molecule has 22 heavy (non-hydrogen) atoms. The van der Waals surface area contributed by atoms with Gasteiger partial charge < -0.3 is 9.64 Å². The Morgan fingerprint density at radius 1 is 1.27 bits per heavy atom. The fraction of sp³-hybridized carbons (Fsp3) is 0.312. The Hall–Kier alpha value is -2.63. The number of methoxy groups -OCH3 is 1. The highest BCUT2D eigenvalue weighted by atomic mass is 16.5. The molecule has 6 heteroatoms. The lowest BCUT2D eigenvalue weighted by atomic mass is 10.1. The predicted octanol–water partition coefficient (Wildman–Crippen LogP) is 1.90. The zero-order valence-corrected chi connectivity index (χ0v) is 12.9. The Bertz CT molecular complexity index is 633. The van der Waals surface area contributed by atoms with Gasteiger partial charge in [0.2, 0.25) is 0 Å². The molecule has 1 amide bonds. The summed E-state index contributed by atoms with van der Waals surface area (Å²) in [5.74, 6) is -0.636. The maximum atomic E-state index is 12.5. The first-order chi connectivity index (χ1) is 10.5. The number of hydrogen-bond acceptors (Lipinski definition) is 4. The number of esters is 1. The first-order valence-electron chi connectivity index (χ1n) is 7.00. The fourth-order valence-corrected chi connectivity index (χ4v) is 2.04. The Kier molecular flexibility index (Phi) is 4.93. The largest absolute Gasteiger partial charge is 0.468 e. The molecule has 0 aliphatic rings. The van der Waals surface area contributed by atoms with Crippen LogP contribution in [0.25, 0.3) is 5.69 Å². The number of carbonyl (C=O) groups is 2. The van der Waals surface area contributed by atoms with Gasteiger partial charge in [-0.2, -0.15) is 5.10 Å². The summed E-state index contributed by atoms with van der Waals surface area (Å²) >= 11 is 0. The molecule has 0 saturated heterocycles. The van der Waals surface area contributed by atoms with Gasteiger partial charge in [-0.25, -0.2) is 4.68 Å². The monoisotopic (exact) mass is 301 g/mol. The van der Waals surface area contributed by atoms with E-state index in [1.165, 1.54) is 12.0 Å². The van der Waals surface area contributed by atoms with Gasteiger partial charge in [0.1, 0.15) is 6.54 Å². The number of amides is 1. The SMILES string of the molecule is COC(=O)CN(C(=O)c1ccc(-n2cccn2)cc1)C(C)C. The molecule has 0 aliphatic carbocycles. The molecular formula is C16H19N3O3. The van der Waals surface area contributed by atoms with Gasteiger partial charge in [0, 0.05) is 24.0 Å². The third kappa shape index (κ3) is 3.52. The average molecular weight is 301 g/mol. The molecule has 6 nitrogen and oxygen atoms in total. The molecule has 0 saturated carbocycles. The van der Waals surface area contributed by atoms with Crippen molar-refractivity contribution in [3.63, 3.8) is 0 Å². The first kappa shape index (κ1) is 15.8. The first-order valence-corrected chi connectivity index (χ1v) is 7.00. The molecule has 2 rings (SSSR count). The summed E-state index contributed by atoms with van der Waals surface area (Å²) in [6, 6.07) is 8.82. The molecule has 0 spiro atoms. The van der Waals surface area contributed by atoms with Gasteiger partial charge in [-0.1, -0.05) is 0 Å². The topological polar surface area (TPSA) is 64.4 Å². The van der Waals surface area contributed by atoms with Gasteiger partial charge in [-0.05, 0) is 44.2 Å². The van der Waals surface area contributed by atoms with Crippen molar-refractivity contribution in [2.45, 2.75) is 19.9 Å². The van der Waals surface area contributed by atoms with Gasteiger partial charge in [-0.3, -0.25) is 9.59 Å². The summed E-state index contributed by atoms with van der Waals surface area (Å²) in [5.41, 5.74) is 1.39. The summed E-state index contributed by atoms with van der Waals surface area (Å²) in [5, 5.41) is 4.13. The molecule has 0 radical (unpaired) electrons. The number of benzene rings is 1. The van der Waals surface area contributed by atoms with Crippen LogP contribution in [0.5, 0.6) is 0 Å². The Morgan fingerprint density at radius 2 is 1.95 bits per heavy atom. The van der Waals surface area contributed by atoms with Gasteiger partial charge >= 0.3 is 5.97 Å². The summed E-state index contributed by atoms with van der Waals surface area (Å²) < 4.78 is 6.35. The number of nitrogens with zero attached hydrogens (tertiary/aromatic N) is 3. The number of carbonyl (C=O) groups excluding carboxylic acids is 2. The average Bonchev–Trinajstić information content (AvgIpc) is 3.06. The normalized spacial score (nSPS) is 10.5. The molecule has 116 valence electrons. The number of rotatable bonds is 5. The van der Waals surface area contributed by atoms with Gasteiger partial charge in [0.15, 0.2) is 0 Å². The summed E-state index contributed by atoms with van der Waals surface area (Å²) in [6.07, 6.45) is 3.52. The number of aromatic nitrogens is 2. The van der Waals surface area contributed by atoms with Crippen LogP contribution in [0.15, 0.2) is 42.7 Å². The van der Waals surface area contributed by atoms with E-state index in [9.17, 15) is 9.59 Å². The minimum atomic E-state index is -0.435. The fourth-order valence-electron chi connectivity index (χ4n) is 2.04. The third-order valence-corrected chi connectivity index (χ3v) is 3.29. The van der Waals surface area contributed by atoms with Gasteiger partial charge in [-0.15, -0.1) is 0 Å². The van der Waals surface area contributed by atoms with Crippen LogP contribution in [0.4, 0.5) is 0 Å². The van der Waals surface area contributed by atoms with Crippen LogP contribution >= 0.6 is 0 Å². The second-order valence-corrected chi connectivity index (χ2v) is 5.10. The van der Waals surface area contributed by atoms with E-state index in [2.05, 4.69) is 9.84 Å². The summed E-state index contributed by atoms with van der Waals surface area (Å²) in [6.45, 7) is 3.66. The Labute approximate surface area is 129 Å². The van der Waals surface area contributed by atoms with Crippen molar-refractivity contribution in [2.24, 2.45) is 0 Å². The number of ether oxygens (including phenoxy) is 1. The van der Waals surface area contributed by atoms with E-state index in [-0.39, 0.29) is 18.5 Å². The highest BCUT2D eigenvalue weighted by Crippen LogP contribution is 2.12. The van der Waals surface area contributed by atoms with E-state index in [1.54, 1.807) is 23.0 Å². The highest BCUT2D eigenvalue weighted by molar-refractivity contribution is 5.96. The number of hydrogen-bond donors (Lipinski definition) is 0. The quantitative estimate of drug-likeness (QED) is 0.791. The maximum absolute atomic E-state index is 12.5. The van der Waals surface area contributed by atoms with Crippen molar-refractivity contribution in [3.05, 3.63) is 48.3 Å².